The van der Waals surface area contributed by atoms with Gasteiger partial charge in [0.25, 0.3) is 0 Å². The molecule has 0 heterocycles. The number of hydrogen-bond donors (Lipinski definition) is 1. The molecule has 0 aromatic heterocycles. The fourth-order valence-electron chi connectivity index (χ4n) is 3.03. The van der Waals surface area contributed by atoms with E-state index in [0.29, 0.717) is 12.6 Å². The van der Waals surface area contributed by atoms with Crippen molar-refractivity contribution < 1.29 is 4.79 Å². The van der Waals surface area contributed by atoms with Gasteiger partial charge in [-0.05, 0) is 44.7 Å². The van der Waals surface area contributed by atoms with E-state index in [2.05, 4.69) is 12.2 Å². The molecule has 2 rings (SSSR count). The van der Waals surface area contributed by atoms with Crippen molar-refractivity contribution in [3.05, 3.63) is 0 Å². The summed E-state index contributed by atoms with van der Waals surface area (Å²) in [6.45, 7) is 3.55. The molecule has 0 aromatic rings. The number of nitrogens with one attached hydrogen (secondary N) is 1. The average molecular weight is 210 g/mol. The van der Waals surface area contributed by atoms with Crippen LogP contribution >= 0.6 is 0 Å². The summed E-state index contributed by atoms with van der Waals surface area (Å²) in [5.74, 6) is 1.90. The fraction of sp³-hybridized carbons (Fsp3) is 0.917. The van der Waals surface area contributed by atoms with Crippen molar-refractivity contribution in [2.45, 2.75) is 38.6 Å². The highest BCUT2D eigenvalue weighted by Gasteiger charge is 2.39. The first kappa shape index (κ1) is 10.9. The molecule has 0 aromatic carbocycles. The highest BCUT2D eigenvalue weighted by Crippen LogP contribution is 2.44. The molecule has 3 heteroatoms. The van der Waals surface area contributed by atoms with E-state index in [1.807, 2.05) is 11.9 Å². The van der Waals surface area contributed by atoms with Gasteiger partial charge in [0.2, 0.25) is 5.91 Å². The molecule has 2 saturated carbocycles. The summed E-state index contributed by atoms with van der Waals surface area (Å²) in [4.78, 5) is 13.7. The molecule has 2 bridgehead atoms. The van der Waals surface area contributed by atoms with E-state index in [4.69, 9.17) is 0 Å². The van der Waals surface area contributed by atoms with E-state index in [1.165, 1.54) is 25.7 Å². The van der Waals surface area contributed by atoms with Crippen LogP contribution < -0.4 is 5.32 Å². The lowest BCUT2D eigenvalue weighted by molar-refractivity contribution is -0.122. The van der Waals surface area contributed by atoms with Crippen LogP contribution in [0.15, 0.2) is 0 Å². The molecular weight excluding hydrogens is 188 g/mol. The molecule has 0 aliphatic heterocycles. The average Bonchev–Trinajstić information content (AvgIpc) is 2.78. The van der Waals surface area contributed by atoms with Crippen molar-refractivity contribution in [2.24, 2.45) is 11.8 Å². The third kappa shape index (κ3) is 2.51. The molecule has 1 amide bonds. The number of nitrogens with zero attached hydrogens (tertiary/aromatic N) is 1. The van der Waals surface area contributed by atoms with Crippen molar-refractivity contribution in [1.82, 2.24) is 10.2 Å². The summed E-state index contributed by atoms with van der Waals surface area (Å²) in [5, 5.41) is 3.19. The van der Waals surface area contributed by atoms with E-state index in [1.54, 1.807) is 0 Å². The highest BCUT2D eigenvalue weighted by molar-refractivity contribution is 5.78. The Hall–Kier alpha value is -0.570. The molecule has 15 heavy (non-hydrogen) atoms. The molecule has 2 aliphatic rings. The fourth-order valence-corrected chi connectivity index (χ4v) is 3.03. The van der Waals surface area contributed by atoms with Crippen LogP contribution in [0.3, 0.4) is 0 Å². The number of carbonyl (C=O) groups is 1. The van der Waals surface area contributed by atoms with Gasteiger partial charge < -0.3 is 5.32 Å². The largest absolute Gasteiger partial charge is 0.352 e. The zero-order valence-corrected chi connectivity index (χ0v) is 9.83. The second-order valence-corrected chi connectivity index (χ2v) is 5.18. The van der Waals surface area contributed by atoms with Gasteiger partial charge in [-0.1, -0.05) is 13.3 Å². The Morgan fingerprint density at radius 2 is 2.20 bits per heavy atom. The van der Waals surface area contributed by atoms with Crippen LogP contribution in [-0.4, -0.2) is 37.0 Å². The monoisotopic (exact) mass is 210 g/mol. The normalized spacial score (nSPS) is 33.7. The highest BCUT2D eigenvalue weighted by atomic mass is 16.2. The molecule has 1 N–H and O–H groups in total. The van der Waals surface area contributed by atoms with Crippen LogP contribution in [0.2, 0.25) is 0 Å². The Bertz CT molecular complexity index is 242. The van der Waals surface area contributed by atoms with Crippen molar-refractivity contribution in [1.29, 1.82) is 0 Å². The van der Waals surface area contributed by atoms with E-state index in [9.17, 15) is 4.79 Å². The second-order valence-electron chi connectivity index (χ2n) is 5.18. The van der Waals surface area contributed by atoms with Crippen LogP contribution in [0.5, 0.6) is 0 Å². The Morgan fingerprint density at radius 1 is 1.40 bits per heavy atom. The quantitative estimate of drug-likeness (QED) is 0.757. The summed E-state index contributed by atoms with van der Waals surface area (Å²) in [6, 6.07) is 0.488. The maximum Gasteiger partial charge on any atom is 0.234 e. The number of fused-ring (bicyclic) bond motifs is 2. The second kappa shape index (κ2) is 4.52. The minimum absolute atomic E-state index is 0.205. The molecule has 3 atom stereocenters. The van der Waals surface area contributed by atoms with Gasteiger partial charge >= 0.3 is 0 Å². The third-order valence-electron chi connectivity index (χ3n) is 4.04. The number of hydrogen-bond acceptors (Lipinski definition) is 2. The summed E-state index contributed by atoms with van der Waals surface area (Å²) in [6.07, 6.45) is 5.31. The zero-order valence-electron chi connectivity index (χ0n) is 9.83. The topological polar surface area (TPSA) is 32.3 Å². The van der Waals surface area contributed by atoms with E-state index in [0.717, 1.165) is 18.4 Å². The van der Waals surface area contributed by atoms with Crippen LogP contribution in [-0.2, 0) is 4.79 Å². The lowest BCUT2D eigenvalue weighted by atomic mass is 9.95. The van der Waals surface area contributed by atoms with Gasteiger partial charge in [0, 0.05) is 6.04 Å². The lowest BCUT2D eigenvalue weighted by Crippen LogP contribution is -2.43. The van der Waals surface area contributed by atoms with Crippen molar-refractivity contribution in [3.63, 3.8) is 0 Å². The first-order valence-corrected chi connectivity index (χ1v) is 6.17. The van der Waals surface area contributed by atoms with Gasteiger partial charge in [0.1, 0.15) is 0 Å². The zero-order chi connectivity index (χ0) is 10.8. The number of amides is 1. The van der Waals surface area contributed by atoms with Crippen LogP contribution in [0.1, 0.15) is 32.6 Å². The predicted octanol–water partition coefficient (Wildman–Crippen LogP) is 1.24. The molecular formula is C12H22N2O. The van der Waals surface area contributed by atoms with Gasteiger partial charge in [-0.15, -0.1) is 0 Å². The van der Waals surface area contributed by atoms with Crippen molar-refractivity contribution in [3.8, 4) is 0 Å². The molecule has 0 spiro atoms. The molecule has 3 unspecified atom stereocenters. The summed E-state index contributed by atoms with van der Waals surface area (Å²) in [5.41, 5.74) is 0. The summed E-state index contributed by atoms with van der Waals surface area (Å²) in [7, 11) is 1.99. The standard InChI is InChI=1S/C12H22N2O/c1-3-14(2)8-12(15)13-11-7-9-4-5-10(11)6-9/h9-11H,3-8H2,1-2H3,(H,13,15). The molecule has 86 valence electrons. The molecule has 0 radical (unpaired) electrons. The van der Waals surface area contributed by atoms with Crippen LogP contribution in [0.25, 0.3) is 0 Å². The minimum Gasteiger partial charge on any atom is -0.352 e. The molecule has 2 aliphatic carbocycles. The number of likely N-dealkylation sites (N-methyl/N-ethyl adjacent to an activating group) is 1. The smallest absolute Gasteiger partial charge is 0.234 e. The first-order valence-electron chi connectivity index (χ1n) is 6.17. The van der Waals surface area contributed by atoms with E-state index in [-0.39, 0.29) is 5.91 Å². The predicted molar refractivity (Wildman–Crippen MR) is 60.5 cm³/mol. The Kier molecular flexibility index (Phi) is 3.29. The Labute approximate surface area is 92.2 Å². The van der Waals surface area contributed by atoms with Crippen LogP contribution in [0.4, 0.5) is 0 Å². The maximum absolute atomic E-state index is 11.7. The Balaban J connectivity index is 1.75. The SMILES string of the molecule is CCN(C)CC(=O)NC1CC2CCC1C2. The molecule has 2 fully saturated rings. The van der Waals surface area contributed by atoms with E-state index >= 15 is 0 Å². The van der Waals surface area contributed by atoms with Gasteiger partial charge in [0.15, 0.2) is 0 Å². The van der Waals surface area contributed by atoms with E-state index < -0.39 is 0 Å². The first-order chi connectivity index (χ1) is 7.19. The molecule has 0 saturated heterocycles. The lowest BCUT2D eigenvalue weighted by Gasteiger charge is -2.24. The number of carbonyl (C=O) groups excluding carboxylic acids is 1. The maximum atomic E-state index is 11.7. The van der Waals surface area contributed by atoms with Crippen molar-refractivity contribution in [2.75, 3.05) is 20.1 Å². The van der Waals surface area contributed by atoms with Gasteiger partial charge in [0.05, 0.1) is 6.54 Å². The van der Waals surface area contributed by atoms with Gasteiger partial charge in [-0.2, -0.15) is 0 Å². The molecule has 3 nitrogen and oxygen atoms in total. The summed E-state index contributed by atoms with van der Waals surface area (Å²) < 4.78 is 0. The Morgan fingerprint density at radius 3 is 2.73 bits per heavy atom. The van der Waals surface area contributed by atoms with Gasteiger partial charge in [-0.25, -0.2) is 0 Å². The number of rotatable bonds is 4. The van der Waals surface area contributed by atoms with Crippen molar-refractivity contribution >= 4 is 5.91 Å². The van der Waals surface area contributed by atoms with Gasteiger partial charge in [-0.3, -0.25) is 9.69 Å². The minimum atomic E-state index is 0.205. The van der Waals surface area contributed by atoms with Crippen LogP contribution in [0, 0.1) is 11.8 Å². The third-order valence-corrected chi connectivity index (χ3v) is 4.04. The summed E-state index contributed by atoms with van der Waals surface area (Å²) >= 11 is 0.